The average Bonchev–Trinajstić information content (AvgIpc) is 3.42. The summed E-state index contributed by atoms with van der Waals surface area (Å²) in [6, 6.07) is 5.45. The van der Waals surface area contributed by atoms with Gasteiger partial charge in [0.05, 0.1) is 17.6 Å². The van der Waals surface area contributed by atoms with Gasteiger partial charge in [-0.15, -0.1) is 10.2 Å². The van der Waals surface area contributed by atoms with Crippen LogP contribution in [0, 0.1) is 6.92 Å². The highest BCUT2D eigenvalue weighted by Gasteiger charge is 2.71. The molecule has 3 heterocycles. The molecule has 2 amide bonds. The molecule has 4 atom stereocenters. The Hall–Kier alpha value is -3.90. The maximum absolute atomic E-state index is 12.4. The van der Waals surface area contributed by atoms with Gasteiger partial charge in [-0.2, -0.15) is 0 Å². The predicted octanol–water partition coefficient (Wildman–Crippen LogP) is 1.73. The fourth-order valence-corrected chi connectivity index (χ4v) is 5.19. The van der Waals surface area contributed by atoms with Crippen LogP contribution in [0.1, 0.15) is 27.4 Å². The highest BCUT2D eigenvalue weighted by atomic mass is 16.6. The third kappa shape index (κ3) is 2.99. The summed E-state index contributed by atoms with van der Waals surface area (Å²) >= 11 is 0. The van der Waals surface area contributed by atoms with Crippen molar-refractivity contribution in [2.45, 2.75) is 30.7 Å². The number of aromatic hydroxyl groups is 3. The zero-order valence-corrected chi connectivity index (χ0v) is 18.3. The minimum atomic E-state index is -1.03. The molecule has 3 aliphatic heterocycles. The standard InChI is InChI=1S/C22H23N5O7/c1-9-15(25-26-20(31)10-3-5-11(28)6-4-10)18(30)14-12(8-34-21(23)32)22(33-2)19-13(24-19)7-27(22)16(14)17(9)29/h3-6,12-13,19,24,28-30H,7-8H2,1-2H3,(H2,23,32)/t12-,13+,19+,22-/m1/s1. The van der Waals surface area contributed by atoms with E-state index >= 15 is 0 Å². The van der Waals surface area contributed by atoms with Crippen LogP contribution in [0.3, 0.4) is 0 Å². The van der Waals surface area contributed by atoms with Crippen LogP contribution in [-0.4, -0.2) is 65.4 Å². The highest BCUT2D eigenvalue weighted by molar-refractivity contribution is 5.95. The first-order chi connectivity index (χ1) is 16.2. The van der Waals surface area contributed by atoms with Crippen LogP contribution in [0.25, 0.3) is 0 Å². The number of carbonyl (C=O) groups excluding carboxylic acids is 2. The number of amides is 2. The number of benzene rings is 2. The number of anilines is 1. The van der Waals surface area contributed by atoms with Crippen molar-refractivity contribution >= 4 is 23.4 Å². The molecule has 2 saturated heterocycles. The number of fused-ring (bicyclic) bond motifs is 5. The first kappa shape index (κ1) is 21.9. The van der Waals surface area contributed by atoms with Crippen LogP contribution in [0.5, 0.6) is 17.2 Å². The van der Waals surface area contributed by atoms with Gasteiger partial charge >= 0.3 is 6.09 Å². The molecule has 0 radical (unpaired) electrons. The predicted molar refractivity (Wildman–Crippen MR) is 118 cm³/mol. The maximum atomic E-state index is 12.4. The molecule has 178 valence electrons. The van der Waals surface area contributed by atoms with Gasteiger partial charge in [-0.1, -0.05) is 0 Å². The van der Waals surface area contributed by atoms with Crippen molar-refractivity contribution in [2.75, 3.05) is 25.2 Å². The van der Waals surface area contributed by atoms with Gasteiger partial charge in [-0.3, -0.25) is 4.79 Å². The minimum Gasteiger partial charge on any atom is -0.508 e. The van der Waals surface area contributed by atoms with Crippen LogP contribution in [0.2, 0.25) is 0 Å². The second-order valence-electron chi connectivity index (χ2n) is 8.49. The summed E-state index contributed by atoms with van der Waals surface area (Å²) in [5.74, 6) is -1.88. The first-order valence-corrected chi connectivity index (χ1v) is 10.5. The smallest absolute Gasteiger partial charge is 0.404 e. The van der Waals surface area contributed by atoms with Crippen molar-refractivity contribution in [2.24, 2.45) is 16.0 Å². The number of piperazine rings is 1. The zero-order chi connectivity index (χ0) is 24.4. The molecule has 12 heteroatoms. The number of methoxy groups -OCH3 is 1. The molecule has 0 unspecified atom stereocenters. The maximum Gasteiger partial charge on any atom is 0.404 e. The molecule has 0 aliphatic carbocycles. The number of nitrogens with one attached hydrogen (secondary N) is 1. The second kappa shape index (κ2) is 7.57. The van der Waals surface area contributed by atoms with E-state index in [1.54, 1.807) is 6.92 Å². The summed E-state index contributed by atoms with van der Waals surface area (Å²) in [7, 11) is 1.51. The largest absolute Gasteiger partial charge is 0.508 e. The molecule has 34 heavy (non-hydrogen) atoms. The van der Waals surface area contributed by atoms with Crippen LogP contribution in [-0.2, 0) is 9.47 Å². The molecule has 5 rings (SSSR count). The lowest BCUT2D eigenvalue weighted by molar-refractivity contribution is -0.0337. The Bertz CT molecular complexity index is 1230. The zero-order valence-electron chi connectivity index (χ0n) is 18.3. The summed E-state index contributed by atoms with van der Waals surface area (Å²) in [4.78, 5) is 25.7. The van der Waals surface area contributed by atoms with Crippen molar-refractivity contribution < 1.29 is 34.4 Å². The third-order valence-corrected chi connectivity index (χ3v) is 6.79. The van der Waals surface area contributed by atoms with Gasteiger partial charge in [-0.05, 0) is 31.2 Å². The van der Waals surface area contributed by atoms with Crippen molar-refractivity contribution in [1.82, 2.24) is 5.32 Å². The van der Waals surface area contributed by atoms with Crippen molar-refractivity contribution in [3.63, 3.8) is 0 Å². The molecule has 6 N–H and O–H groups in total. The van der Waals surface area contributed by atoms with E-state index in [-0.39, 0.29) is 58.3 Å². The number of phenolic OH excluding ortho intramolecular Hbond substituents is 3. The number of carbonyl (C=O) groups is 2. The van der Waals surface area contributed by atoms with Crippen LogP contribution in [0.4, 0.5) is 16.2 Å². The van der Waals surface area contributed by atoms with Gasteiger partial charge in [0.2, 0.25) is 0 Å². The fraction of sp³-hybridized carbons (Fsp3) is 0.364. The van der Waals surface area contributed by atoms with Gasteiger partial charge in [0.15, 0.2) is 5.72 Å². The molecule has 0 spiro atoms. The Morgan fingerprint density at radius 3 is 2.59 bits per heavy atom. The SMILES string of the molecule is CO[C@@]12[C@H](COC(N)=O)c3c(O)c(N=NC(=O)c4ccc(O)cc4)c(C)c(O)c3N1C[C@@H]1N[C@@H]12. The minimum absolute atomic E-state index is 0.00486. The molecular weight excluding hydrogens is 446 g/mol. The average molecular weight is 469 g/mol. The summed E-state index contributed by atoms with van der Waals surface area (Å²) in [6.45, 7) is 1.84. The summed E-state index contributed by atoms with van der Waals surface area (Å²) in [5, 5.41) is 42.7. The van der Waals surface area contributed by atoms with E-state index in [0.29, 0.717) is 12.2 Å². The lowest BCUT2D eigenvalue weighted by Gasteiger charge is -2.38. The van der Waals surface area contributed by atoms with Crippen molar-refractivity contribution in [3.8, 4) is 17.2 Å². The van der Waals surface area contributed by atoms with Gasteiger partial charge < -0.3 is 40.7 Å². The van der Waals surface area contributed by atoms with E-state index in [4.69, 9.17) is 15.2 Å². The molecule has 2 aromatic rings. The molecule has 12 nitrogen and oxygen atoms in total. The number of ether oxygens (including phenoxy) is 2. The Morgan fingerprint density at radius 2 is 1.94 bits per heavy atom. The van der Waals surface area contributed by atoms with E-state index < -0.39 is 23.6 Å². The Labute approximate surface area is 193 Å². The number of azo groups is 1. The van der Waals surface area contributed by atoms with E-state index in [9.17, 15) is 24.9 Å². The van der Waals surface area contributed by atoms with Crippen LogP contribution in [0.15, 0.2) is 34.5 Å². The lowest BCUT2D eigenvalue weighted by Crippen LogP contribution is -2.54. The van der Waals surface area contributed by atoms with Gasteiger partial charge in [-0.25, -0.2) is 4.79 Å². The number of hydrogen-bond donors (Lipinski definition) is 5. The van der Waals surface area contributed by atoms with E-state index in [1.807, 2.05) is 4.90 Å². The third-order valence-electron chi connectivity index (χ3n) is 6.79. The topological polar surface area (TPSA) is 189 Å². The molecule has 3 aliphatic rings. The van der Waals surface area contributed by atoms with E-state index in [1.165, 1.54) is 31.4 Å². The number of phenols is 3. The van der Waals surface area contributed by atoms with Crippen LogP contribution >= 0.6 is 0 Å². The Balaban J connectivity index is 1.59. The number of nitrogens with zero attached hydrogens (tertiary/aromatic N) is 3. The molecule has 0 aromatic heterocycles. The first-order valence-electron chi connectivity index (χ1n) is 10.5. The lowest BCUT2D eigenvalue weighted by atomic mass is 9.88. The van der Waals surface area contributed by atoms with Crippen molar-refractivity contribution in [1.29, 1.82) is 0 Å². The number of primary amides is 1. The molecule has 2 aromatic carbocycles. The second-order valence-corrected chi connectivity index (χ2v) is 8.49. The fourth-order valence-electron chi connectivity index (χ4n) is 5.19. The number of rotatable bonds is 5. The molecule has 2 fully saturated rings. The van der Waals surface area contributed by atoms with Crippen LogP contribution < -0.4 is 16.0 Å². The number of hydrogen-bond acceptors (Lipinski definition) is 10. The van der Waals surface area contributed by atoms with Gasteiger partial charge in [0.25, 0.3) is 5.91 Å². The van der Waals surface area contributed by atoms with Crippen molar-refractivity contribution in [3.05, 3.63) is 41.0 Å². The normalized spacial score (nSPS) is 26.3. The number of nitrogens with two attached hydrogens (primary N) is 1. The quantitative estimate of drug-likeness (QED) is 0.247. The summed E-state index contributed by atoms with van der Waals surface area (Å²) in [6.07, 6.45) is -0.986. The van der Waals surface area contributed by atoms with E-state index in [0.717, 1.165) is 0 Å². The molecule has 0 saturated carbocycles. The summed E-state index contributed by atoms with van der Waals surface area (Å²) in [5.41, 5.74) is 5.09. The Kier molecular flexibility index (Phi) is 4.88. The monoisotopic (exact) mass is 469 g/mol. The van der Waals surface area contributed by atoms with Gasteiger partial charge in [0, 0.05) is 36.4 Å². The summed E-state index contributed by atoms with van der Waals surface area (Å²) < 4.78 is 11.0. The molecular formula is C22H23N5O7. The van der Waals surface area contributed by atoms with Gasteiger partial charge in [0.1, 0.15) is 29.5 Å². The molecule has 0 bridgehead atoms. The van der Waals surface area contributed by atoms with E-state index in [2.05, 4.69) is 15.5 Å². The Morgan fingerprint density at radius 1 is 1.24 bits per heavy atom. The highest BCUT2D eigenvalue weighted by Crippen LogP contribution is 2.64.